The Morgan fingerprint density at radius 2 is 1.14 bits per heavy atom. The number of hydrogen-bond donors (Lipinski definition) is 2. The minimum absolute atomic E-state index is 0.0698. The van der Waals surface area contributed by atoms with E-state index >= 15 is 0 Å². The maximum atomic E-state index is 13.0. The fourth-order valence-electron chi connectivity index (χ4n) is 3.03. The van der Waals surface area contributed by atoms with Crippen molar-refractivity contribution in [3.8, 4) is 11.5 Å². The number of ether oxygens (including phenoxy) is 2. The number of carbonyl (C=O) groups is 2. The predicted molar refractivity (Wildman–Crippen MR) is 136 cm³/mol. The molecule has 10 heteroatoms. The Morgan fingerprint density at radius 3 is 1.46 bits per heavy atom. The first-order chi connectivity index (χ1) is 17.7. The molecule has 0 saturated carbocycles. The van der Waals surface area contributed by atoms with Crippen molar-refractivity contribution >= 4 is 24.0 Å². The Kier molecular flexibility index (Phi) is 14.2. The van der Waals surface area contributed by atoms with E-state index in [4.69, 9.17) is 9.47 Å². The lowest BCUT2D eigenvalue weighted by molar-refractivity contribution is -0.116. The molecule has 2 N–H and O–H groups in total. The van der Waals surface area contributed by atoms with E-state index in [2.05, 4.69) is 10.6 Å². The number of rotatable bonds is 12. The van der Waals surface area contributed by atoms with E-state index in [9.17, 15) is 27.2 Å². The standard InChI is InChI=1S/C25H26F4N2O4.C2H6/c1-34-20-8-4-16(14-18(20)24(26)27)6-10-22(32)30-12-3-13-31-23(33)11-7-17-5-9-21(35-2)19(15-17)25(28)29;1-2/h4-11,14-15,24-25H,3,12-13H2,1-2H3,(H,30,32)(H,31,33);1-2H3/b10-6+,11-7+;. The summed E-state index contributed by atoms with van der Waals surface area (Å²) >= 11 is 0. The quantitative estimate of drug-likeness (QED) is 0.204. The maximum Gasteiger partial charge on any atom is 0.267 e. The normalized spacial score (nSPS) is 11.0. The molecule has 0 saturated heterocycles. The van der Waals surface area contributed by atoms with Gasteiger partial charge in [-0.3, -0.25) is 9.59 Å². The van der Waals surface area contributed by atoms with Crippen molar-refractivity contribution < 1.29 is 36.6 Å². The number of carbonyl (C=O) groups excluding carboxylic acids is 2. The molecule has 0 aromatic heterocycles. The van der Waals surface area contributed by atoms with Gasteiger partial charge in [0.1, 0.15) is 11.5 Å². The average Bonchev–Trinajstić information content (AvgIpc) is 2.91. The molecule has 0 aliphatic carbocycles. The molecule has 2 aromatic carbocycles. The lowest BCUT2D eigenvalue weighted by Crippen LogP contribution is -2.28. The van der Waals surface area contributed by atoms with E-state index in [1.54, 1.807) is 12.1 Å². The van der Waals surface area contributed by atoms with Crippen LogP contribution in [0.3, 0.4) is 0 Å². The molecule has 2 rings (SSSR count). The largest absolute Gasteiger partial charge is 0.496 e. The summed E-state index contributed by atoms with van der Waals surface area (Å²) in [5, 5.41) is 5.24. The number of benzene rings is 2. The summed E-state index contributed by atoms with van der Waals surface area (Å²) in [6.45, 7) is 4.54. The number of halogens is 4. The van der Waals surface area contributed by atoms with Gasteiger partial charge in [0.05, 0.1) is 25.3 Å². The molecule has 37 heavy (non-hydrogen) atoms. The van der Waals surface area contributed by atoms with E-state index in [1.807, 2.05) is 13.8 Å². The minimum Gasteiger partial charge on any atom is -0.496 e. The molecule has 0 aliphatic heterocycles. The van der Waals surface area contributed by atoms with Gasteiger partial charge in [-0.1, -0.05) is 26.0 Å². The number of alkyl halides is 4. The Balaban J connectivity index is 0.00000334. The third-order valence-electron chi connectivity index (χ3n) is 4.78. The van der Waals surface area contributed by atoms with Gasteiger partial charge >= 0.3 is 0 Å². The van der Waals surface area contributed by atoms with Gasteiger partial charge < -0.3 is 20.1 Å². The number of nitrogens with one attached hydrogen (secondary N) is 2. The third-order valence-corrected chi connectivity index (χ3v) is 4.78. The van der Waals surface area contributed by atoms with E-state index in [0.717, 1.165) is 0 Å². The number of methoxy groups -OCH3 is 2. The molecule has 0 radical (unpaired) electrons. The molecule has 0 fully saturated rings. The van der Waals surface area contributed by atoms with Crippen LogP contribution in [0.1, 0.15) is 55.4 Å². The first-order valence-corrected chi connectivity index (χ1v) is 11.6. The monoisotopic (exact) mass is 524 g/mol. The number of hydrogen-bond acceptors (Lipinski definition) is 4. The summed E-state index contributed by atoms with van der Waals surface area (Å²) in [4.78, 5) is 23.8. The lowest BCUT2D eigenvalue weighted by Gasteiger charge is -2.08. The Labute approximate surface area is 214 Å². The molecular weight excluding hydrogens is 492 g/mol. The van der Waals surface area contributed by atoms with Gasteiger partial charge in [-0.05, 0) is 54.0 Å². The zero-order chi connectivity index (χ0) is 27.8. The van der Waals surface area contributed by atoms with Crippen molar-refractivity contribution in [2.24, 2.45) is 0 Å². The molecule has 202 valence electrons. The molecule has 2 aromatic rings. The summed E-state index contributed by atoms with van der Waals surface area (Å²) < 4.78 is 62.0. The molecular formula is C27H32F4N2O4. The second-order valence-corrected chi connectivity index (χ2v) is 7.21. The van der Waals surface area contributed by atoms with E-state index in [0.29, 0.717) is 17.5 Å². The Morgan fingerprint density at radius 1 is 0.757 bits per heavy atom. The molecule has 0 unspecified atom stereocenters. The molecule has 0 spiro atoms. The van der Waals surface area contributed by atoms with Crippen LogP contribution >= 0.6 is 0 Å². The zero-order valence-electron chi connectivity index (χ0n) is 21.2. The fourth-order valence-corrected chi connectivity index (χ4v) is 3.03. The van der Waals surface area contributed by atoms with E-state index in [1.165, 1.54) is 62.8 Å². The molecule has 0 bridgehead atoms. The molecule has 0 aliphatic rings. The second-order valence-electron chi connectivity index (χ2n) is 7.21. The van der Waals surface area contributed by atoms with Crippen LogP contribution in [0.15, 0.2) is 48.6 Å². The van der Waals surface area contributed by atoms with Gasteiger partial charge in [0.25, 0.3) is 12.9 Å². The van der Waals surface area contributed by atoms with Crippen LogP contribution in [0.25, 0.3) is 12.2 Å². The smallest absolute Gasteiger partial charge is 0.267 e. The van der Waals surface area contributed by atoms with E-state index < -0.39 is 24.7 Å². The first kappa shape index (κ1) is 31.2. The molecule has 6 nitrogen and oxygen atoms in total. The Hall–Kier alpha value is -3.82. The van der Waals surface area contributed by atoms with Gasteiger partial charge in [0, 0.05) is 25.2 Å². The highest BCUT2D eigenvalue weighted by atomic mass is 19.3. The third kappa shape index (κ3) is 10.8. The van der Waals surface area contributed by atoms with Crippen LogP contribution in [0.2, 0.25) is 0 Å². The average molecular weight is 525 g/mol. The van der Waals surface area contributed by atoms with Crippen LogP contribution in [-0.2, 0) is 9.59 Å². The fraction of sp³-hybridized carbons (Fsp3) is 0.333. The number of amides is 2. The molecule has 0 atom stereocenters. The van der Waals surface area contributed by atoms with Crippen molar-refractivity contribution in [1.29, 1.82) is 0 Å². The van der Waals surface area contributed by atoms with Crippen molar-refractivity contribution in [3.63, 3.8) is 0 Å². The summed E-state index contributed by atoms with van der Waals surface area (Å²) in [7, 11) is 2.60. The minimum atomic E-state index is -2.71. The zero-order valence-corrected chi connectivity index (χ0v) is 21.2. The van der Waals surface area contributed by atoms with Crippen molar-refractivity contribution in [1.82, 2.24) is 10.6 Å². The van der Waals surface area contributed by atoms with Gasteiger partial charge in [-0.25, -0.2) is 17.6 Å². The van der Waals surface area contributed by atoms with Crippen molar-refractivity contribution in [2.45, 2.75) is 33.1 Å². The lowest BCUT2D eigenvalue weighted by atomic mass is 10.1. The summed E-state index contributed by atoms with van der Waals surface area (Å²) in [5.74, 6) is -0.694. The highest BCUT2D eigenvalue weighted by Gasteiger charge is 2.14. The maximum absolute atomic E-state index is 13.0. The summed E-state index contributed by atoms with van der Waals surface area (Å²) in [6, 6.07) is 8.41. The van der Waals surface area contributed by atoms with Gasteiger partial charge in [-0.15, -0.1) is 0 Å². The molecule has 0 heterocycles. The highest BCUT2D eigenvalue weighted by molar-refractivity contribution is 5.92. The van der Waals surface area contributed by atoms with Crippen LogP contribution in [-0.4, -0.2) is 39.1 Å². The van der Waals surface area contributed by atoms with Crippen LogP contribution in [0, 0.1) is 0 Å². The van der Waals surface area contributed by atoms with E-state index in [-0.39, 0.29) is 35.7 Å². The van der Waals surface area contributed by atoms with Crippen molar-refractivity contribution in [2.75, 3.05) is 27.3 Å². The topological polar surface area (TPSA) is 76.7 Å². The van der Waals surface area contributed by atoms with Gasteiger partial charge in [0.2, 0.25) is 11.8 Å². The predicted octanol–water partition coefficient (Wildman–Crippen LogP) is 5.95. The first-order valence-electron chi connectivity index (χ1n) is 11.6. The van der Waals surface area contributed by atoms with Crippen LogP contribution in [0.4, 0.5) is 17.6 Å². The van der Waals surface area contributed by atoms with Gasteiger partial charge in [0.15, 0.2) is 0 Å². The summed E-state index contributed by atoms with van der Waals surface area (Å²) in [5.41, 5.74) is 0.322. The van der Waals surface area contributed by atoms with Crippen LogP contribution in [0.5, 0.6) is 11.5 Å². The molecule has 2 amide bonds. The van der Waals surface area contributed by atoms with Gasteiger partial charge in [-0.2, -0.15) is 0 Å². The second kappa shape index (κ2) is 16.8. The summed E-state index contributed by atoms with van der Waals surface area (Å²) in [6.07, 6.45) is 0.293. The highest BCUT2D eigenvalue weighted by Crippen LogP contribution is 2.31. The Bertz CT molecular complexity index is 989. The van der Waals surface area contributed by atoms with Crippen molar-refractivity contribution in [3.05, 3.63) is 70.8 Å². The van der Waals surface area contributed by atoms with Crippen LogP contribution < -0.4 is 20.1 Å². The SMILES string of the molecule is CC.COc1ccc(/C=C/C(=O)NCCCNC(=O)/C=C/c2ccc(OC)c(C(F)F)c2)cc1C(F)F.